The Balaban J connectivity index is 2.38. The van der Waals surface area contributed by atoms with Crippen LogP contribution >= 0.6 is 0 Å². The molecule has 2 rings (SSSR count). The Kier molecular flexibility index (Phi) is 4.46. The molecule has 23 heavy (non-hydrogen) atoms. The summed E-state index contributed by atoms with van der Waals surface area (Å²) in [5.41, 5.74) is 0.935. The van der Waals surface area contributed by atoms with E-state index in [2.05, 4.69) is 6.58 Å². The Hall–Kier alpha value is -2.35. The third kappa shape index (κ3) is 3.37. The van der Waals surface area contributed by atoms with Crippen LogP contribution < -0.4 is 0 Å². The van der Waals surface area contributed by atoms with Crippen LogP contribution in [0.5, 0.6) is 0 Å². The van der Waals surface area contributed by atoms with Crippen molar-refractivity contribution in [3.05, 3.63) is 60.9 Å². The van der Waals surface area contributed by atoms with Gasteiger partial charge in [0.2, 0.25) is 0 Å². The molecule has 8 heteroatoms. The lowest BCUT2D eigenvalue weighted by atomic mass is 10.3. The Bertz CT molecular complexity index is 820. The molecule has 0 bridgehead atoms. The van der Waals surface area contributed by atoms with Crippen LogP contribution in [-0.2, 0) is 9.84 Å². The van der Waals surface area contributed by atoms with Crippen LogP contribution in [0.2, 0.25) is 0 Å². The minimum atomic E-state index is -4.93. The zero-order valence-corrected chi connectivity index (χ0v) is 12.5. The van der Waals surface area contributed by atoms with Crippen molar-refractivity contribution in [3.8, 4) is 5.69 Å². The lowest BCUT2D eigenvalue weighted by Gasteiger charge is -2.17. The molecule has 0 fully saturated rings. The molecule has 4 nitrogen and oxygen atoms in total. The van der Waals surface area contributed by atoms with Crippen molar-refractivity contribution >= 4 is 16.1 Å². The maximum absolute atomic E-state index is 12.8. The van der Waals surface area contributed by atoms with Crippen LogP contribution in [0.25, 0.3) is 5.69 Å². The SMILES string of the molecule is C=CC(C(F)(F)F)S(=O)(=O)c1ccc(-n2ccc(C=O)c2)cc1. The van der Waals surface area contributed by atoms with E-state index in [1.54, 1.807) is 16.8 Å². The minimum Gasteiger partial charge on any atom is -0.323 e. The van der Waals surface area contributed by atoms with Crippen molar-refractivity contribution in [2.45, 2.75) is 16.3 Å². The Morgan fingerprint density at radius 2 is 1.74 bits per heavy atom. The summed E-state index contributed by atoms with van der Waals surface area (Å²) in [5.74, 6) is 0. The summed E-state index contributed by atoms with van der Waals surface area (Å²) in [7, 11) is -4.62. The summed E-state index contributed by atoms with van der Waals surface area (Å²) < 4.78 is 64.1. The maximum atomic E-state index is 12.8. The molecule has 0 radical (unpaired) electrons. The number of halogens is 3. The number of hydrogen-bond donors (Lipinski definition) is 0. The number of carbonyl (C=O) groups is 1. The second kappa shape index (κ2) is 6.04. The highest BCUT2D eigenvalue weighted by Gasteiger charge is 2.47. The van der Waals surface area contributed by atoms with Crippen molar-refractivity contribution in [2.24, 2.45) is 0 Å². The quantitative estimate of drug-likeness (QED) is 0.619. The van der Waals surface area contributed by atoms with E-state index >= 15 is 0 Å². The van der Waals surface area contributed by atoms with Gasteiger partial charge in [-0.1, -0.05) is 6.08 Å². The highest BCUT2D eigenvalue weighted by Crippen LogP contribution is 2.31. The first-order chi connectivity index (χ1) is 10.7. The molecule has 1 heterocycles. The van der Waals surface area contributed by atoms with Crippen LogP contribution in [0.1, 0.15) is 10.4 Å². The molecular formula is C15H12F3NO3S. The summed E-state index contributed by atoms with van der Waals surface area (Å²) in [4.78, 5) is 10.2. The van der Waals surface area contributed by atoms with E-state index in [0.29, 0.717) is 23.6 Å². The first kappa shape index (κ1) is 17.0. The predicted molar refractivity (Wildman–Crippen MR) is 78.4 cm³/mol. The molecule has 0 aliphatic carbocycles. The van der Waals surface area contributed by atoms with Gasteiger partial charge in [-0.15, -0.1) is 6.58 Å². The van der Waals surface area contributed by atoms with Crippen LogP contribution in [0, 0.1) is 0 Å². The number of hydrogen-bond acceptors (Lipinski definition) is 3. The van der Waals surface area contributed by atoms with Crippen LogP contribution in [0.4, 0.5) is 13.2 Å². The van der Waals surface area contributed by atoms with E-state index < -0.39 is 26.2 Å². The number of carbonyl (C=O) groups excluding carboxylic acids is 1. The monoisotopic (exact) mass is 343 g/mol. The molecule has 0 aliphatic heterocycles. The van der Waals surface area contributed by atoms with Gasteiger partial charge < -0.3 is 4.57 Å². The highest BCUT2D eigenvalue weighted by molar-refractivity contribution is 7.92. The highest BCUT2D eigenvalue weighted by atomic mass is 32.2. The van der Waals surface area contributed by atoms with E-state index in [0.717, 1.165) is 12.1 Å². The van der Waals surface area contributed by atoms with Crippen molar-refractivity contribution in [1.29, 1.82) is 0 Å². The maximum Gasteiger partial charge on any atom is 0.409 e. The Labute approximate surface area is 130 Å². The number of benzene rings is 1. The fourth-order valence-electron chi connectivity index (χ4n) is 2.03. The van der Waals surface area contributed by atoms with Gasteiger partial charge in [-0.05, 0) is 30.3 Å². The van der Waals surface area contributed by atoms with Crippen LogP contribution in [0.3, 0.4) is 0 Å². The molecule has 0 N–H and O–H groups in total. The van der Waals surface area contributed by atoms with Crippen molar-refractivity contribution < 1.29 is 26.4 Å². The number of aldehydes is 1. The standard InChI is InChI=1S/C15H12F3NO3S/c1-2-14(15(16,17)18)23(21,22)13-5-3-12(4-6-13)19-8-7-11(9-19)10-20/h2-10,14H,1H2. The van der Waals surface area contributed by atoms with Gasteiger partial charge in [0, 0.05) is 23.6 Å². The van der Waals surface area contributed by atoms with Crippen molar-refractivity contribution in [3.63, 3.8) is 0 Å². The van der Waals surface area contributed by atoms with Gasteiger partial charge >= 0.3 is 6.18 Å². The average molecular weight is 343 g/mol. The number of alkyl halides is 3. The van der Waals surface area contributed by atoms with Gasteiger partial charge in [-0.2, -0.15) is 13.2 Å². The predicted octanol–water partition coefficient (Wildman–Crippen LogP) is 3.18. The average Bonchev–Trinajstić information content (AvgIpc) is 2.95. The molecule has 0 amide bonds. The molecule has 1 aromatic heterocycles. The molecule has 1 atom stereocenters. The second-order valence-corrected chi connectivity index (χ2v) is 6.78. The normalized spacial score (nSPS) is 13.5. The number of nitrogens with zero attached hydrogens (tertiary/aromatic N) is 1. The van der Waals surface area contributed by atoms with E-state index in [4.69, 9.17) is 0 Å². The molecule has 1 unspecified atom stereocenters. The number of sulfone groups is 1. The molecule has 0 saturated carbocycles. The van der Waals surface area contributed by atoms with Gasteiger partial charge in [-0.3, -0.25) is 4.79 Å². The second-order valence-electron chi connectivity index (χ2n) is 4.71. The minimum absolute atomic E-state index is 0.367. The fourth-order valence-corrected chi connectivity index (χ4v) is 3.45. The first-order valence-electron chi connectivity index (χ1n) is 6.37. The summed E-state index contributed by atoms with van der Waals surface area (Å²) in [6, 6.07) is 6.45. The van der Waals surface area contributed by atoms with E-state index in [1.165, 1.54) is 18.3 Å². The lowest BCUT2D eigenvalue weighted by Crippen LogP contribution is -2.34. The van der Waals surface area contributed by atoms with Crippen LogP contribution in [-0.4, -0.2) is 30.7 Å². The van der Waals surface area contributed by atoms with Gasteiger partial charge in [-0.25, -0.2) is 8.42 Å². The molecular weight excluding hydrogens is 331 g/mol. The smallest absolute Gasteiger partial charge is 0.323 e. The summed E-state index contributed by atoms with van der Waals surface area (Å²) in [5, 5.41) is -2.66. The van der Waals surface area contributed by atoms with Crippen LogP contribution in [0.15, 0.2) is 60.3 Å². The topological polar surface area (TPSA) is 56.1 Å². The third-order valence-corrected chi connectivity index (χ3v) is 5.24. The van der Waals surface area contributed by atoms with Gasteiger partial charge in [0.25, 0.3) is 0 Å². The molecule has 122 valence electrons. The fraction of sp³-hybridized carbons (Fsp3) is 0.133. The Morgan fingerprint density at radius 1 is 1.13 bits per heavy atom. The Morgan fingerprint density at radius 3 is 2.17 bits per heavy atom. The van der Waals surface area contributed by atoms with E-state index in [-0.39, 0.29) is 0 Å². The third-order valence-electron chi connectivity index (χ3n) is 3.19. The van der Waals surface area contributed by atoms with E-state index in [1.807, 2.05) is 0 Å². The molecule has 1 aromatic carbocycles. The van der Waals surface area contributed by atoms with Crippen molar-refractivity contribution in [1.82, 2.24) is 4.57 Å². The summed E-state index contributed by atoms with van der Waals surface area (Å²) >= 11 is 0. The molecule has 0 saturated heterocycles. The largest absolute Gasteiger partial charge is 0.409 e. The summed E-state index contributed by atoms with van der Waals surface area (Å²) in [6.07, 6.45) is -0.828. The lowest BCUT2D eigenvalue weighted by molar-refractivity contribution is -0.121. The van der Waals surface area contributed by atoms with Gasteiger partial charge in [0.15, 0.2) is 21.4 Å². The molecule has 0 aliphatic rings. The summed E-state index contributed by atoms with van der Waals surface area (Å²) in [6.45, 7) is 2.96. The van der Waals surface area contributed by atoms with Gasteiger partial charge in [0.1, 0.15) is 0 Å². The van der Waals surface area contributed by atoms with E-state index in [9.17, 15) is 26.4 Å². The first-order valence-corrected chi connectivity index (χ1v) is 7.91. The molecule has 2 aromatic rings. The van der Waals surface area contributed by atoms with Crippen molar-refractivity contribution in [2.75, 3.05) is 0 Å². The number of rotatable bonds is 5. The number of aromatic nitrogens is 1. The van der Waals surface area contributed by atoms with Gasteiger partial charge in [0.05, 0.1) is 4.90 Å². The zero-order chi connectivity index (χ0) is 17.3. The zero-order valence-electron chi connectivity index (χ0n) is 11.7. The molecule has 0 spiro atoms.